The van der Waals surface area contributed by atoms with Gasteiger partial charge in [-0.1, -0.05) is 354 Å². The molecule has 7 aliphatic rings. The normalized spacial score (nSPS) is 14.4. The Morgan fingerprint density at radius 1 is 0.198 bits per heavy atom. The molecule has 0 saturated heterocycles. The lowest BCUT2D eigenvalue weighted by molar-refractivity contribution is 0.660. The number of hydrogen-bond donors (Lipinski definition) is 3. The lowest BCUT2D eigenvalue weighted by atomic mass is 9.70. The molecule has 116 heavy (non-hydrogen) atoms. The van der Waals surface area contributed by atoms with Crippen LogP contribution in [0.15, 0.2) is 405 Å². The van der Waals surface area contributed by atoms with Crippen LogP contribution in [-0.2, 0) is 21.7 Å². The predicted molar refractivity (Wildman–Crippen MR) is 480 cm³/mol. The van der Waals surface area contributed by atoms with Gasteiger partial charge >= 0.3 is 0 Å². The van der Waals surface area contributed by atoms with Gasteiger partial charge in [0.05, 0.1) is 16.2 Å². The quantitative estimate of drug-likeness (QED) is 0.155. The molecule has 4 heteroatoms. The van der Waals surface area contributed by atoms with Crippen LogP contribution in [0.3, 0.4) is 0 Å². The summed E-state index contributed by atoms with van der Waals surface area (Å²) in [6.07, 6.45) is 0. The van der Waals surface area contributed by atoms with Crippen LogP contribution in [0.25, 0.3) is 111 Å². The van der Waals surface area contributed by atoms with Crippen LogP contribution in [0.5, 0.6) is 0 Å². The van der Waals surface area contributed by atoms with Gasteiger partial charge in [0.2, 0.25) is 0 Å². The molecular weight excluding hydrogens is 1400 g/mol. The molecule has 7 aliphatic carbocycles. The number of anilines is 6. The van der Waals surface area contributed by atoms with E-state index in [9.17, 15) is 0 Å². The molecule has 0 atom stereocenters. The van der Waals surface area contributed by atoms with Gasteiger partial charge in [-0.15, -0.1) is 0 Å². The maximum atomic E-state index is 6.29. The second-order valence-corrected chi connectivity index (χ2v) is 32.5. The first-order valence-electron chi connectivity index (χ1n) is 40.5. The number of hydrogen-bond acceptors (Lipinski definition) is 4. The Bertz CT molecular complexity index is 7240. The molecule has 0 amide bonds. The second kappa shape index (κ2) is 25.0. The van der Waals surface area contributed by atoms with E-state index in [-0.39, 0.29) is 21.7 Å². The Hall–Kier alpha value is -14.6. The fourth-order valence-corrected chi connectivity index (χ4v) is 22.2. The minimum absolute atomic E-state index is 0.0316. The Morgan fingerprint density at radius 3 is 0.905 bits per heavy atom. The third-order valence-corrected chi connectivity index (χ3v) is 26.6. The minimum Gasteiger partial charge on any atom is -0.456 e. The summed E-state index contributed by atoms with van der Waals surface area (Å²) in [6.45, 7) is 4.69. The zero-order valence-electron chi connectivity index (χ0n) is 64.0. The molecular formula is C112H75N3O. The average Bonchev–Trinajstić information content (AvgIpc) is 1.52. The van der Waals surface area contributed by atoms with E-state index in [0.717, 1.165) is 45.0 Å². The average molecular weight is 1480 g/mol. The first kappa shape index (κ1) is 66.1. The maximum absolute atomic E-state index is 6.29. The van der Waals surface area contributed by atoms with E-state index in [1.54, 1.807) is 0 Å². The monoisotopic (exact) mass is 1480 g/mol. The summed E-state index contributed by atoms with van der Waals surface area (Å²) in [7, 11) is 0. The summed E-state index contributed by atoms with van der Waals surface area (Å²) in [5, 5.41) is 16.3. The predicted octanol–water partition coefficient (Wildman–Crippen LogP) is 28.7. The second-order valence-electron chi connectivity index (χ2n) is 32.5. The highest BCUT2D eigenvalue weighted by Crippen LogP contribution is 2.68. The molecule has 1 aromatic heterocycles. The molecule has 1 heterocycles. The first-order valence-corrected chi connectivity index (χ1v) is 40.5. The molecule has 3 spiro atoms. The molecule has 3 N–H and O–H groups in total. The van der Waals surface area contributed by atoms with Crippen molar-refractivity contribution in [2.45, 2.75) is 35.5 Å². The van der Waals surface area contributed by atoms with Gasteiger partial charge in [-0.3, -0.25) is 0 Å². The van der Waals surface area contributed by atoms with E-state index < -0.39 is 0 Å². The van der Waals surface area contributed by atoms with E-state index in [0.29, 0.717) is 0 Å². The molecule has 0 saturated carbocycles. The van der Waals surface area contributed by atoms with E-state index in [2.05, 4.69) is 430 Å². The van der Waals surface area contributed by atoms with Gasteiger partial charge in [-0.05, 0) is 205 Å². The van der Waals surface area contributed by atoms with Crippen molar-refractivity contribution < 1.29 is 4.42 Å². The number of nitrogens with one attached hydrogen (secondary N) is 3. The van der Waals surface area contributed by atoms with Crippen LogP contribution in [0, 0.1) is 0 Å². The van der Waals surface area contributed by atoms with Crippen LogP contribution >= 0.6 is 0 Å². The van der Waals surface area contributed by atoms with Crippen molar-refractivity contribution in [2.24, 2.45) is 0 Å². The highest BCUT2D eigenvalue weighted by molar-refractivity contribution is 6.19. The first-order chi connectivity index (χ1) is 57.3. The van der Waals surface area contributed by atoms with Gasteiger partial charge in [0.25, 0.3) is 0 Å². The molecule has 0 bridgehead atoms. The summed E-state index contributed by atoms with van der Waals surface area (Å²) in [5.41, 5.74) is 45.1. The van der Waals surface area contributed by atoms with Crippen LogP contribution in [0.4, 0.5) is 34.1 Å². The number of furan rings is 1. The molecule has 544 valence electrons. The summed E-state index contributed by atoms with van der Waals surface area (Å²) < 4.78 is 6.29. The van der Waals surface area contributed by atoms with Crippen LogP contribution in [-0.4, -0.2) is 0 Å². The van der Waals surface area contributed by atoms with Gasteiger partial charge in [-0.2, -0.15) is 0 Å². The standard InChI is InChI=1S/C41H25NO.C40H29N.C31H21N/c1-2-11-27-25(10-1)20-22-38-39(27)31-24-26(21-23-37(31)43-38)42-36-19-9-18-35-40(36)30-14-5-8-17-34(30)41(35)32-15-6-3-12-28(32)29-13-4-7-16-33(29)41;1-39(2)29-17-7-5-15-27(29)37-33(39)21-11-23-35(37)41-36-24-12-22-34-38(36)28-16-6-10-20-32(28)40(34)30-18-8-3-13-25(30)26-14-4-9-19-31(26)40;1-2-11-21(12-3-1)32-29-20-10-19-28-30(29)24-15-6-9-18-27(24)31(28)25-16-7-4-13-22(25)23-14-5-8-17-26(23)31/h1-24,42H;3-24,41H,1-2H3;1-20,32H. The van der Waals surface area contributed by atoms with Gasteiger partial charge in [0.1, 0.15) is 11.2 Å². The van der Waals surface area contributed by atoms with Crippen LogP contribution in [0.1, 0.15) is 91.7 Å². The molecule has 0 unspecified atom stereocenters. The van der Waals surface area contributed by atoms with E-state index in [1.165, 1.54) is 178 Å². The zero-order chi connectivity index (χ0) is 76.6. The Kier molecular flexibility index (Phi) is 14.2. The third kappa shape index (κ3) is 8.93. The van der Waals surface area contributed by atoms with Crippen LogP contribution < -0.4 is 16.0 Å². The lowest BCUT2D eigenvalue weighted by Gasteiger charge is -2.30. The van der Waals surface area contributed by atoms with Crippen molar-refractivity contribution in [2.75, 3.05) is 16.0 Å². The fraction of sp³-hybridized carbons (Fsp3) is 0.0536. The molecule has 26 rings (SSSR count). The topological polar surface area (TPSA) is 49.2 Å². The van der Waals surface area contributed by atoms with Crippen molar-refractivity contribution in [3.05, 3.63) is 478 Å². The highest BCUT2D eigenvalue weighted by atomic mass is 16.3. The SMILES string of the molecule is CC1(C)c2ccccc2-c2c(Nc3cccc4c3-c3ccccc3C43c4ccccc4-c4ccccc43)cccc21.c1ccc(Nc2cccc3c2-c2ccccc2C32c3ccccc3-c3ccccc32)cc1.c1ccc2c(c1)-c1ccccc1C21c2ccccc2-c2c(Nc3ccc4oc5ccc6ccccc6c5c4c3)cccc21. The van der Waals surface area contributed by atoms with Crippen LogP contribution in [0.2, 0.25) is 0 Å². The fourth-order valence-electron chi connectivity index (χ4n) is 22.2. The largest absolute Gasteiger partial charge is 0.456 e. The molecule has 4 nitrogen and oxygen atoms in total. The van der Waals surface area contributed by atoms with Crippen molar-refractivity contribution in [1.82, 2.24) is 0 Å². The van der Waals surface area contributed by atoms with E-state index in [1.807, 2.05) is 0 Å². The van der Waals surface area contributed by atoms with Crippen molar-refractivity contribution in [3.8, 4) is 77.9 Å². The number of rotatable bonds is 6. The summed E-state index contributed by atoms with van der Waals surface area (Å²) in [6, 6.07) is 146. The van der Waals surface area contributed by atoms with Gasteiger partial charge in [0.15, 0.2) is 0 Å². The summed E-state index contributed by atoms with van der Waals surface area (Å²) >= 11 is 0. The molecule has 0 aliphatic heterocycles. The van der Waals surface area contributed by atoms with E-state index in [4.69, 9.17) is 4.42 Å². The lowest BCUT2D eigenvalue weighted by Crippen LogP contribution is -2.25. The zero-order valence-corrected chi connectivity index (χ0v) is 64.0. The Balaban J connectivity index is 0.000000101. The van der Waals surface area contributed by atoms with Crippen molar-refractivity contribution in [3.63, 3.8) is 0 Å². The van der Waals surface area contributed by atoms with Crippen molar-refractivity contribution in [1.29, 1.82) is 0 Å². The minimum atomic E-state index is -0.347. The summed E-state index contributed by atoms with van der Waals surface area (Å²) in [5.74, 6) is 0. The maximum Gasteiger partial charge on any atom is 0.136 e. The van der Waals surface area contributed by atoms with Gasteiger partial charge in [-0.25, -0.2) is 0 Å². The number of benzene rings is 18. The molecule has 0 fully saturated rings. The number of para-hydroxylation sites is 1. The molecule has 0 radical (unpaired) electrons. The third-order valence-electron chi connectivity index (χ3n) is 26.6. The highest BCUT2D eigenvalue weighted by Gasteiger charge is 2.55. The van der Waals surface area contributed by atoms with E-state index >= 15 is 0 Å². The van der Waals surface area contributed by atoms with Gasteiger partial charge in [0, 0.05) is 72.6 Å². The molecule has 18 aromatic carbocycles. The smallest absolute Gasteiger partial charge is 0.136 e. The summed E-state index contributed by atoms with van der Waals surface area (Å²) in [4.78, 5) is 0. The Morgan fingerprint density at radius 2 is 0.491 bits per heavy atom. The Labute approximate surface area is 674 Å². The molecule has 19 aromatic rings. The number of fused-ring (bicyclic) bond motifs is 38. The van der Waals surface area contributed by atoms with Gasteiger partial charge < -0.3 is 20.4 Å². The van der Waals surface area contributed by atoms with Crippen molar-refractivity contribution >= 4 is 66.8 Å².